The van der Waals surface area contributed by atoms with Crippen molar-refractivity contribution in [3.05, 3.63) is 58.0 Å². The highest BCUT2D eigenvalue weighted by Gasteiger charge is 2.32. The third kappa shape index (κ3) is 4.44. The van der Waals surface area contributed by atoms with Crippen molar-refractivity contribution in [3.8, 4) is 5.69 Å². The number of fused-ring (bicyclic) bond motifs is 1. The Kier molecular flexibility index (Phi) is 6.13. The molecule has 3 heterocycles. The lowest BCUT2D eigenvalue weighted by molar-refractivity contribution is -0.138. The Hall–Kier alpha value is -3.75. The maximum atomic E-state index is 12.9. The molecule has 33 heavy (non-hydrogen) atoms. The second kappa shape index (κ2) is 9.01. The van der Waals surface area contributed by atoms with Gasteiger partial charge in [-0.2, -0.15) is 4.98 Å². The van der Waals surface area contributed by atoms with Crippen molar-refractivity contribution in [2.75, 3.05) is 18.0 Å². The lowest BCUT2D eigenvalue weighted by Gasteiger charge is -2.22. The number of aromatic nitrogens is 3. The fourth-order valence-corrected chi connectivity index (χ4v) is 4.05. The molecule has 1 amide bonds. The summed E-state index contributed by atoms with van der Waals surface area (Å²) < 4.78 is 1.47. The van der Waals surface area contributed by atoms with Crippen LogP contribution < -0.4 is 15.8 Å². The van der Waals surface area contributed by atoms with Crippen LogP contribution in [0.1, 0.15) is 42.7 Å². The van der Waals surface area contributed by atoms with Gasteiger partial charge >= 0.3 is 5.97 Å². The van der Waals surface area contributed by atoms with Crippen LogP contribution in [-0.4, -0.2) is 50.6 Å². The van der Waals surface area contributed by atoms with Crippen molar-refractivity contribution in [2.24, 2.45) is 5.92 Å². The lowest BCUT2D eigenvalue weighted by atomic mass is 10.1. The molecule has 2 aromatic heterocycles. The molecule has 0 spiro atoms. The van der Waals surface area contributed by atoms with E-state index in [1.807, 2.05) is 20.8 Å². The summed E-state index contributed by atoms with van der Waals surface area (Å²) in [6.07, 6.45) is 1.26. The van der Waals surface area contributed by atoms with Gasteiger partial charge in [-0.15, -0.1) is 0 Å². The normalized spacial score (nSPS) is 15.9. The Balaban J connectivity index is 1.77. The summed E-state index contributed by atoms with van der Waals surface area (Å²) in [7, 11) is 0. The van der Waals surface area contributed by atoms with E-state index < -0.39 is 12.0 Å². The topological polar surface area (TPSA) is 117 Å². The molecule has 1 aliphatic heterocycles. The quantitative estimate of drug-likeness (QED) is 0.594. The smallest absolute Gasteiger partial charge is 0.326 e. The van der Waals surface area contributed by atoms with Crippen molar-refractivity contribution in [1.29, 1.82) is 0 Å². The predicted octanol–water partition coefficient (Wildman–Crippen LogP) is 2.53. The highest BCUT2D eigenvalue weighted by molar-refractivity contribution is 5.94. The van der Waals surface area contributed by atoms with Gasteiger partial charge in [0.2, 0.25) is 5.95 Å². The highest BCUT2D eigenvalue weighted by atomic mass is 16.4. The molecule has 0 radical (unpaired) electrons. The number of carbonyl (C=O) groups excluding carboxylic acids is 1. The van der Waals surface area contributed by atoms with Crippen LogP contribution in [0.2, 0.25) is 0 Å². The fraction of sp³-hybridized carbons (Fsp3) is 0.375. The molecule has 0 saturated carbocycles. The van der Waals surface area contributed by atoms with Crippen LogP contribution in [0.5, 0.6) is 0 Å². The van der Waals surface area contributed by atoms with E-state index in [0.29, 0.717) is 59.4 Å². The van der Waals surface area contributed by atoms with Gasteiger partial charge in [0.15, 0.2) is 5.65 Å². The third-order valence-corrected chi connectivity index (χ3v) is 5.78. The summed E-state index contributed by atoms with van der Waals surface area (Å²) in [5, 5.41) is 13.1. The minimum absolute atomic E-state index is 0.172. The van der Waals surface area contributed by atoms with Gasteiger partial charge in [0.1, 0.15) is 6.04 Å². The largest absolute Gasteiger partial charge is 0.480 e. The minimum Gasteiger partial charge on any atom is -0.480 e. The second-order valence-electron chi connectivity index (χ2n) is 8.69. The van der Waals surface area contributed by atoms with E-state index in [2.05, 4.69) is 15.3 Å². The van der Waals surface area contributed by atoms with Gasteiger partial charge in [-0.3, -0.25) is 14.2 Å². The molecule has 4 rings (SSSR count). The second-order valence-corrected chi connectivity index (χ2v) is 8.69. The predicted molar refractivity (Wildman–Crippen MR) is 125 cm³/mol. The van der Waals surface area contributed by atoms with Gasteiger partial charge in [-0.05, 0) is 56.0 Å². The van der Waals surface area contributed by atoms with Crippen LogP contribution in [-0.2, 0) is 4.79 Å². The van der Waals surface area contributed by atoms with Crippen LogP contribution in [0.15, 0.2) is 41.2 Å². The molecule has 1 atom stereocenters. The number of carbonyl (C=O) groups is 2. The van der Waals surface area contributed by atoms with E-state index in [4.69, 9.17) is 0 Å². The van der Waals surface area contributed by atoms with Crippen LogP contribution in [0.4, 0.5) is 5.95 Å². The zero-order valence-corrected chi connectivity index (χ0v) is 18.9. The summed E-state index contributed by atoms with van der Waals surface area (Å²) in [5.41, 5.74) is 1.84. The molecule has 1 aliphatic rings. The van der Waals surface area contributed by atoms with E-state index >= 15 is 0 Å². The molecule has 9 nitrogen and oxygen atoms in total. The molecule has 0 bridgehead atoms. The number of anilines is 1. The Bertz CT molecular complexity index is 1270. The summed E-state index contributed by atoms with van der Waals surface area (Å²) in [4.78, 5) is 47.7. The van der Waals surface area contributed by atoms with Crippen molar-refractivity contribution < 1.29 is 14.7 Å². The average molecular weight is 450 g/mol. The molecule has 0 aliphatic carbocycles. The first-order valence-corrected chi connectivity index (χ1v) is 11.0. The SMILES string of the molecule is Cc1nc(N2CCC[C@H]2C(=O)O)nc2c1ccc(=O)n2-c1ccc(C(=O)NCC(C)C)cc1. The summed E-state index contributed by atoms with van der Waals surface area (Å²) >= 11 is 0. The van der Waals surface area contributed by atoms with Crippen molar-refractivity contribution in [3.63, 3.8) is 0 Å². The average Bonchev–Trinajstić information content (AvgIpc) is 3.28. The zero-order valence-electron chi connectivity index (χ0n) is 18.9. The number of carboxylic acids is 1. The summed E-state index contributed by atoms with van der Waals surface area (Å²) in [6.45, 7) is 6.98. The van der Waals surface area contributed by atoms with E-state index in [0.717, 1.165) is 6.42 Å². The first kappa shape index (κ1) is 22.4. The molecule has 9 heteroatoms. The molecule has 1 aromatic carbocycles. The molecule has 1 fully saturated rings. The zero-order chi connectivity index (χ0) is 23.7. The van der Waals surface area contributed by atoms with Gasteiger partial charge in [0.25, 0.3) is 11.5 Å². The number of carboxylic acid groups (broad SMARTS) is 1. The molecule has 2 N–H and O–H groups in total. The molecular weight excluding hydrogens is 422 g/mol. The number of aliphatic carboxylic acids is 1. The molecule has 0 unspecified atom stereocenters. The van der Waals surface area contributed by atoms with Gasteiger partial charge in [-0.1, -0.05) is 13.8 Å². The van der Waals surface area contributed by atoms with Crippen LogP contribution in [0, 0.1) is 12.8 Å². The van der Waals surface area contributed by atoms with Crippen molar-refractivity contribution in [2.45, 2.75) is 39.7 Å². The maximum Gasteiger partial charge on any atom is 0.326 e. The molecule has 3 aromatic rings. The van der Waals surface area contributed by atoms with Gasteiger partial charge in [0, 0.05) is 30.1 Å². The van der Waals surface area contributed by atoms with Crippen LogP contribution >= 0.6 is 0 Å². The Morgan fingerprint density at radius 2 is 1.88 bits per heavy atom. The molecular formula is C24H27N5O4. The van der Waals surface area contributed by atoms with Crippen molar-refractivity contribution in [1.82, 2.24) is 19.9 Å². The highest BCUT2D eigenvalue weighted by Crippen LogP contribution is 2.26. The minimum atomic E-state index is -0.911. The number of hydrogen-bond donors (Lipinski definition) is 2. The van der Waals surface area contributed by atoms with E-state index in [1.165, 1.54) is 10.6 Å². The Morgan fingerprint density at radius 1 is 1.15 bits per heavy atom. The van der Waals surface area contributed by atoms with Gasteiger partial charge in [0.05, 0.1) is 11.4 Å². The Labute approximate surface area is 191 Å². The van der Waals surface area contributed by atoms with E-state index in [-0.39, 0.29) is 11.5 Å². The first-order chi connectivity index (χ1) is 15.8. The maximum absolute atomic E-state index is 12.9. The van der Waals surface area contributed by atoms with E-state index in [9.17, 15) is 19.5 Å². The van der Waals surface area contributed by atoms with Crippen LogP contribution in [0.25, 0.3) is 16.7 Å². The number of nitrogens with one attached hydrogen (secondary N) is 1. The number of benzene rings is 1. The van der Waals surface area contributed by atoms with Gasteiger partial charge in [-0.25, -0.2) is 9.78 Å². The standard InChI is InChI=1S/C24H27N5O4/c1-14(2)13-25-22(31)16-6-8-17(9-7-16)29-20(30)11-10-18-15(3)26-24(27-21(18)29)28-12-4-5-19(28)23(32)33/h6-11,14,19H,4-5,12-13H2,1-3H3,(H,25,31)(H,32,33)/t19-/m0/s1. The van der Waals surface area contributed by atoms with Gasteiger partial charge < -0.3 is 15.3 Å². The number of pyridine rings is 1. The van der Waals surface area contributed by atoms with Crippen LogP contribution in [0.3, 0.4) is 0 Å². The number of amides is 1. The number of rotatable bonds is 6. The molecule has 1 saturated heterocycles. The summed E-state index contributed by atoms with van der Waals surface area (Å²) in [5.74, 6) is -0.440. The third-order valence-electron chi connectivity index (χ3n) is 5.78. The fourth-order valence-electron chi connectivity index (χ4n) is 4.05. The Morgan fingerprint density at radius 3 is 2.55 bits per heavy atom. The monoisotopic (exact) mass is 449 g/mol. The number of aryl methyl sites for hydroxylation is 1. The number of hydrogen-bond acceptors (Lipinski definition) is 6. The van der Waals surface area contributed by atoms with E-state index in [1.54, 1.807) is 35.2 Å². The first-order valence-electron chi connectivity index (χ1n) is 11.0. The van der Waals surface area contributed by atoms with Crippen molar-refractivity contribution >= 4 is 28.9 Å². The molecule has 172 valence electrons. The lowest BCUT2D eigenvalue weighted by Crippen LogP contribution is -2.37. The number of nitrogens with zero attached hydrogens (tertiary/aromatic N) is 4. The summed E-state index contributed by atoms with van der Waals surface area (Å²) in [6, 6.07) is 9.21.